The monoisotopic (exact) mass is 360 g/mol. The van der Waals surface area contributed by atoms with Gasteiger partial charge in [-0.05, 0) is 44.5 Å². The maximum Gasteiger partial charge on any atom is 0.318 e. The van der Waals surface area contributed by atoms with Crippen molar-refractivity contribution in [3.05, 3.63) is 42.2 Å². The van der Waals surface area contributed by atoms with Gasteiger partial charge in [-0.3, -0.25) is 0 Å². The molecule has 0 saturated carbocycles. The summed E-state index contributed by atoms with van der Waals surface area (Å²) in [5.41, 5.74) is 0.984. The van der Waals surface area contributed by atoms with Gasteiger partial charge in [0.05, 0.1) is 6.04 Å². The molecule has 1 fully saturated rings. The molecule has 7 nitrogen and oxygen atoms in total. The van der Waals surface area contributed by atoms with Crippen LogP contribution in [0.4, 0.5) is 14.9 Å². The van der Waals surface area contributed by atoms with Crippen LogP contribution < -0.4 is 10.2 Å². The van der Waals surface area contributed by atoms with Crippen molar-refractivity contribution in [2.45, 2.75) is 32.9 Å². The Hall–Kier alpha value is -2.64. The Morgan fingerprint density at radius 3 is 2.73 bits per heavy atom. The lowest BCUT2D eigenvalue weighted by atomic mass is 10.2. The average molecular weight is 360 g/mol. The summed E-state index contributed by atoms with van der Waals surface area (Å²) in [5, 5.41) is 11.0. The maximum atomic E-state index is 13.1. The second-order valence-electron chi connectivity index (χ2n) is 6.45. The van der Waals surface area contributed by atoms with E-state index in [0.29, 0.717) is 13.1 Å². The summed E-state index contributed by atoms with van der Waals surface area (Å²) in [5.74, 6) is 0.516. The van der Waals surface area contributed by atoms with E-state index in [1.54, 1.807) is 18.5 Å². The van der Waals surface area contributed by atoms with Crippen molar-refractivity contribution < 1.29 is 9.18 Å². The van der Waals surface area contributed by atoms with Crippen molar-refractivity contribution in [1.29, 1.82) is 0 Å². The van der Waals surface area contributed by atoms with E-state index in [1.807, 2.05) is 23.3 Å². The highest BCUT2D eigenvalue weighted by Crippen LogP contribution is 2.17. The van der Waals surface area contributed by atoms with E-state index in [0.717, 1.165) is 37.6 Å². The predicted molar refractivity (Wildman–Crippen MR) is 97.4 cm³/mol. The van der Waals surface area contributed by atoms with E-state index in [4.69, 9.17) is 0 Å². The zero-order chi connectivity index (χ0) is 18.5. The van der Waals surface area contributed by atoms with E-state index < -0.39 is 0 Å². The molecule has 2 aromatic rings. The van der Waals surface area contributed by atoms with Gasteiger partial charge in [-0.25, -0.2) is 9.18 Å². The first kappa shape index (κ1) is 18.2. The van der Waals surface area contributed by atoms with Crippen LogP contribution in [0.25, 0.3) is 0 Å². The highest BCUT2D eigenvalue weighted by Gasteiger charge is 2.22. The standard InChI is InChI=1S/C18H25FN6O/c1-3-23-13-20-22-17(23)14(2)21-18(26)25-10-4-9-24(11-12-25)16-7-5-15(19)6-8-16/h5-8,13-14H,3-4,9-12H2,1-2H3,(H,21,26)/t14-/m1/s1. The Labute approximate surface area is 152 Å². The first-order chi connectivity index (χ1) is 12.6. The number of nitrogens with one attached hydrogen (secondary N) is 1. The Morgan fingerprint density at radius 1 is 1.23 bits per heavy atom. The lowest BCUT2D eigenvalue weighted by molar-refractivity contribution is 0.197. The summed E-state index contributed by atoms with van der Waals surface area (Å²) in [6, 6.07) is 6.20. The van der Waals surface area contributed by atoms with Crippen LogP contribution in [-0.2, 0) is 6.54 Å². The molecule has 0 aliphatic carbocycles. The van der Waals surface area contributed by atoms with E-state index in [1.165, 1.54) is 12.1 Å². The molecule has 1 aliphatic heterocycles. The Morgan fingerprint density at radius 2 is 2.00 bits per heavy atom. The fourth-order valence-corrected chi connectivity index (χ4v) is 3.21. The highest BCUT2D eigenvalue weighted by molar-refractivity contribution is 5.74. The number of hydrogen-bond donors (Lipinski definition) is 1. The van der Waals surface area contributed by atoms with E-state index in [9.17, 15) is 9.18 Å². The zero-order valence-corrected chi connectivity index (χ0v) is 15.2. The van der Waals surface area contributed by atoms with Crippen molar-refractivity contribution >= 4 is 11.7 Å². The van der Waals surface area contributed by atoms with Gasteiger partial charge in [-0.1, -0.05) is 0 Å². The number of benzene rings is 1. The number of urea groups is 1. The van der Waals surface area contributed by atoms with Crippen LogP contribution in [-0.4, -0.2) is 51.9 Å². The maximum absolute atomic E-state index is 13.1. The van der Waals surface area contributed by atoms with Gasteiger partial charge in [0.25, 0.3) is 0 Å². The number of amides is 2. The lowest BCUT2D eigenvalue weighted by Gasteiger charge is -2.25. The molecule has 1 aliphatic rings. The molecule has 0 radical (unpaired) electrons. The normalized spacial score (nSPS) is 16.3. The number of aromatic nitrogens is 3. The molecule has 1 atom stereocenters. The first-order valence-electron chi connectivity index (χ1n) is 9.02. The van der Waals surface area contributed by atoms with E-state index in [-0.39, 0.29) is 17.9 Å². The minimum Gasteiger partial charge on any atom is -0.370 e. The molecule has 1 aromatic heterocycles. The molecule has 140 valence electrons. The largest absolute Gasteiger partial charge is 0.370 e. The van der Waals surface area contributed by atoms with Crippen LogP contribution in [0.1, 0.15) is 32.1 Å². The second-order valence-corrected chi connectivity index (χ2v) is 6.45. The van der Waals surface area contributed by atoms with Crippen LogP contribution >= 0.6 is 0 Å². The summed E-state index contributed by atoms with van der Waals surface area (Å²) >= 11 is 0. The molecule has 0 unspecified atom stereocenters. The molecule has 0 spiro atoms. The molecule has 1 N–H and O–H groups in total. The molecule has 26 heavy (non-hydrogen) atoms. The number of aryl methyl sites for hydroxylation is 1. The van der Waals surface area contributed by atoms with Gasteiger partial charge in [0.1, 0.15) is 12.1 Å². The minimum atomic E-state index is -0.238. The number of hydrogen-bond acceptors (Lipinski definition) is 4. The van der Waals surface area contributed by atoms with Crippen LogP contribution in [0.5, 0.6) is 0 Å². The number of nitrogens with zero attached hydrogens (tertiary/aromatic N) is 5. The minimum absolute atomic E-state index is 0.0934. The number of anilines is 1. The fraction of sp³-hybridized carbons (Fsp3) is 0.500. The second kappa shape index (κ2) is 8.16. The molecule has 1 aromatic carbocycles. The lowest BCUT2D eigenvalue weighted by Crippen LogP contribution is -2.43. The molecule has 0 bridgehead atoms. The van der Waals surface area contributed by atoms with Crippen molar-refractivity contribution in [1.82, 2.24) is 25.0 Å². The van der Waals surface area contributed by atoms with Gasteiger partial charge in [0.2, 0.25) is 0 Å². The van der Waals surface area contributed by atoms with Gasteiger partial charge in [-0.15, -0.1) is 10.2 Å². The molecule has 1 saturated heterocycles. The van der Waals surface area contributed by atoms with Crippen LogP contribution in [0.2, 0.25) is 0 Å². The number of halogens is 1. The number of rotatable bonds is 4. The van der Waals surface area contributed by atoms with Crippen molar-refractivity contribution in [2.24, 2.45) is 0 Å². The zero-order valence-electron chi connectivity index (χ0n) is 15.2. The van der Waals surface area contributed by atoms with Crippen molar-refractivity contribution in [3.8, 4) is 0 Å². The number of carbonyl (C=O) groups is 1. The Balaban J connectivity index is 1.58. The van der Waals surface area contributed by atoms with Gasteiger partial charge >= 0.3 is 6.03 Å². The average Bonchev–Trinajstić information content (AvgIpc) is 2.99. The summed E-state index contributed by atoms with van der Waals surface area (Å²) in [6.07, 6.45) is 2.54. The molecular formula is C18H25FN6O. The molecule has 2 heterocycles. The summed E-state index contributed by atoms with van der Waals surface area (Å²) in [6.45, 7) is 7.57. The predicted octanol–water partition coefficient (Wildman–Crippen LogP) is 2.42. The quantitative estimate of drug-likeness (QED) is 0.909. The molecule has 8 heteroatoms. The molecular weight excluding hydrogens is 335 g/mol. The highest BCUT2D eigenvalue weighted by atomic mass is 19.1. The van der Waals surface area contributed by atoms with E-state index in [2.05, 4.69) is 20.4 Å². The first-order valence-corrected chi connectivity index (χ1v) is 9.02. The molecule has 3 rings (SSSR count). The summed E-state index contributed by atoms with van der Waals surface area (Å²) in [4.78, 5) is 16.6. The van der Waals surface area contributed by atoms with Gasteiger partial charge in [0, 0.05) is 38.4 Å². The summed E-state index contributed by atoms with van der Waals surface area (Å²) < 4.78 is 15.0. The fourth-order valence-electron chi connectivity index (χ4n) is 3.21. The number of carbonyl (C=O) groups excluding carboxylic acids is 1. The SMILES string of the molecule is CCn1cnnc1[C@@H](C)NC(=O)N1CCCN(c2ccc(F)cc2)CC1. The third-order valence-corrected chi connectivity index (χ3v) is 4.69. The molecule has 2 amide bonds. The Kier molecular flexibility index (Phi) is 5.70. The van der Waals surface area contributed by atoms with Crippen LogP contribution in [0.15, 0.2) is 30.6 Å². The van der Waals surface area contributed by atoms with Crippen molar-refractivity contribution in [2.75, 3.05) is 31.1 Å². The summed E-state index contributed by atoms with van der Waals surface area (Å²) in [7, 11) is 0. The van der Waals surface area contributed by atoms with Crippen LogP contribution in [0.3, 0.4) is 0 Å². The topological polar surface area (TPSA) is 66.3 Å². The third-order valence-electron chi connectivity index (χ3n) is 4.69. The van der Waals surface area contributed by atoms with Gasteiger partial charge in [0.15, 0.2) is 5.82 Å². The van der Waals surface area contributed by atoms with E-state index >= 15 is 0 Å². The third kappa shape index (κ3) is 4.12. The Bertz CT molecular complexity index is 732. The van der Waals surface area contributed by atoms with Gasteiger partial charge in [-0.2, -0.15) is 0 Å². The van der Waals surface area contributed by atoms with Crippen molar-refractivity contribution in [3.63, 3.8) is 0 Å². The smallest absolute Gasteiger partial charge is 0.318 e. The van der Waals surface area contributed by atoms with Gasteiger partial charge < -0.3 is 19.7 Å². The van der Waals surface area contributed by atoms with Crippen LogP contribution in [0, 0.1) is 5.82 Å².